The van der Waals surface area contributed by atoms with Crippen LogP contribution in [-0.2, 0) is 28.8 Å². The number of nitrogens with two attached hydrogens (primary N) is 1. The molecule has 4 heteroatoms. The van der Waals surface area contributed by atoms with Crippen LogP contribution in [0.4, 0.5) is 0 Å². The lowest BCUT2D eigenvalue weighted by molar-refractivity contribution is -0.143. The fourth-order valence-corrected chi connectivity index (χ4v) is 2.86. The summed E-state index contributed by atoms with van der Waals surface area (Å²) in [5.41, 5.74) is 9.47. The molecule has 20 heavy (non-hydrogen) atoms. The topological polar surface area (TPSA) is 72.5 Å². The van der Waals surface area contributed by atoms with E-state index >= 15 is 0 Å². The summed E-state index contributed by atoms with van der Waals surface area (Å²) < 4.78 is 4.91. The van der Waals surface area contributed by atoms with Gasteiger partial charge in [0.2, 0.25) is 0 Å². The van der Waals surface area contributed by atoms with Crippen LogP contribution in [0.5, 0.6) is 5.75 Å². The van der Waals surface area contributed by atoms with E-state index in [0.717, 1.165) is 37.7 Å². The predicted molar refractivity (Wildman–Crippen MR) is 77.7 cm³/mol. The van der Waals surface area contributed by atoms with Gasteiger partial charge in [0.05, 0.1) is 6.61 Å². The fraction of sp³-hybridized carbons (Fsp3) is 0.562. The lowest BCUT2D eigenvalue weighted by Crippen LogP contribution is -2.19. The first-order valence-corrected chi connectivity index (χ1v) is 7.35. The highest BCUT2D eigenvalue weighted by molar-refractivity contribution is 5.69. The van der Waals surface area contributed by atoms with Crippen molar-refractivity contribution in [3.8, 4) is 5.75 Å². The third kappa shape index (κ3) is 3.51. The van der Waals surface area contributed by atoms with Crippen LogP contribution < -0.4 is 5.73 Å². The number of carbonyl (C=O) groups is 1. The second-order valence-electron chi connectivity index (χ2n) is 5.38. The number of hydrogen-bond donors (Lipinski definition) is 2. The van der Waals surface area contributed by atoms with E-state index in [2.05, 4.69) is 0 Å². The molecule has 2 rings (SSSR count). The SMILES string of the molecule is CCOC(=O)CCCCc1ccc(O)c2c1CC(N)C2. The molecule has 1 aliphatic carbocycles. The first-order chi connectivity index (χ1) is 9.61. The van der Waals surface area contributed by atoms with Crippen molar-refractivity contribution >= 4 is 5.97 Å². The maximum Gasteiger partial charge on any atom is 0.305 e. The number of esters is 1. The molecule has 0 aliphatic heterocycles. The molecule has 1 aromatic carbocycles. The van der Waals surface area contributed by atoms with E-state index in [-0.39, 0.29) is 12.0 Å². The van der Waals surface area contributed by atoms with Crippen molar-refractivity contribution < 1.29 is 14.6 Å². The Morgan fingerprint density at radius 1 is 1.35 bits per heavy atom. The molecule has 4 nitrogen and oxygen atoms in total. The molecule has 0 heterocycles. The molecule has 0 spiro atoms. The first-order valence-electron chi connectivity index (χ1n) is 7.35. The zero-order valence-corrected chi connectivity index (χ0v) is 12.0. The average Bonchev–Trinajstić information content (AvgIpc) is 2.80. The molecule has 110 valence electrons. The van der Waals surface area contributed by atoms with Crippen LogP contribution in [0, 0.1) is 0 Å². The number of rotatable bonds is 6. The summed E-state index contributed by atoms with van der Waals surface area (Å²) >= 11 is 0. The number of carbonyl (C=O) groups excluding carboxylic acids is 1. The van der Waals surface area contributed by atoms with Crippen molar-refractivity contribution in [1.29, 1.82) is 0 Å². The van der Waals surface area contributed by atoms with Gasteiger partial charge < -0.3 is 15.6 Å². The Kier molecular flexibility index (Phi) is 5.01. The summed E-state index contributed by atoms with van der Waals surface area (Å²) in [6, 6.07) is 3.87. The average molecular weight is 277 g/mol. The van der Waals surface area contributed by atoms with E-state index in [4.69, 9.17) is 10.5 Å². The Balaban J connectivity index is 1.88. The fourth-order valence-electron chi connectivity index (χ4n) is 2.86. The van der Waals surface area contributed by atoms with E-state index in [1.807, 2.05) is 13.0 Å². The third-order valence-corrected chi connectivity index (χ3v) is 3.82. The van der Waals surface area contributed by atoms with Crippen molar-refractivity contribution in [2.75, 3.05) is 6.61 Å². The minimum absolute atomic E-state index is 0.120. The van der Waals surface area contributed by atoms with Gasteiger partial charge in [0.25, 0.3) is 0 Å². The number of ether oxygens (including phenoxy) is 1. The Labute approximate surface area is 119 Å². The van der Waals surface area contributed by atoms with Crippen LogP contribution in [0.15, 0.2) is 12.1 Å². The Bertz CT molecular complexity index is 485. The lowest BCUT2D eigenvalue weighted by atomic mass is 9.97. The molecule has 0 bridgehead atoms. The maximum atomic E-state index is 11.3. The maximum absolute atomic E-state index is 11.3. The molecule has 0 saturated carbocycles. The first kappa shape index (κ1) is 14.9. The molecule has 0 amide bonds. The van der Waals surface area contributed by atoms with Crippen molar-refractivity contribution in [2.45, 2.75) is 51.5 Å². The second-order valence-corrected chi connectivity index (χ2v) is 5.38. The number of phenols is 1. The molecule has 1 unspecified atom stereocenters. The van der Waals surface area contributed by atoms with Gasteiger partial charge >= 0.3 is 5.97 Å². The number of aryl methyl sites for hydroxylation is 1. The molecule has 0 saturated heterocycles. The monoisotopic (exact) mass is 277 g/mol. The molecule has 1 atom stereocenters. The zero-order chi connectivity index (χ0) is 14.5. The van der Waals surface area contributed by atoms with Crippen LogP contribution >= 0.6 is 0 Å². The van der Waals surface area contributed by atoms with E-state index in [9.17, 15) is 9.90 Å². The summed E-state index contributed by atoms with van der Waals surface area (Å²) in [6.07, 6.45) is 4.79. The van der Waals surface area contributed by atoms with E-state index in [1.165, 1.54) is 11.1 Å². The van der Waals surface area contributed by atoms with Gasteiger partial charge in [0, 0.05) is 12.5 Å². The van der Waals surface area contributed by atoms with Crippen LogP contribution in [0.3, 0.4) is 0 Å². The van der Waals surface area contributed by atoms with Crippen LogP contribution in [0.1, 0.15) is 42.9 Å². The molecule has 0 fully saturated rings. The van der Waals surface area contributed by atoms with Crippen molar-refractivity contribution in [1.82, 2.24) is 0 Å². The normalized spacial score (nSPS) is 17.0. The van der Waals surface area contributed by atoms with Gasteiger partial charge in [-0.1, -0.05) is 6.07 Å². The summed E-state index contributed by atoms with van der Waals surface area (Å²) in [5, 5.41) is 9.86. The Morgan fingerprint density at radius 2 is 2.10 bits per heavy atom. The van der Waals surface area contributed by atoms with Crippen molar-refractivity contribution in [3.63, 3.8) is 0 Å². The molecule has 3 N–H and O–H groups in total. The number of phenolic OH excluding ortho intramolecular Hbond substituents is 1. The van der Waals surface area contributed by atoms with Crippen molar-refractivity contribution in [2.24, 2.45) is 5.73 Å². The molecule has 1 aliphatic rings. The smallest absolute Gasteiger partial charge is 0.305 e. The Hall–Kier alpha value is -1.55. The van der Waals surface area contributed by atoms with Gasteiger partial charge in [0.1, 0.15) is 5.75 Å². The quantitative estimate of drug-likeness (QED) is 0.617. The standard InChI is InChI=1S/C16H23NO3/c1-2-20-16(19)6-4-3-5-11-7-8-15(18)14-10-12(17)9-13(11)14/h7-8,12,18H,2-6,9-10,17H2,1H3. The van der Waals surface area contributed by atoms with Gasteiger partial charge in [-0.3, -0.25) is 4.79 Å². The summed E-state index contributed by atoms with van der Waals surface area (Å²) in [4.78, 5) is 11.3. The number of unbranched alkanes of at least 4 members (excludes halogenated alkanes) is 1. The highest BCUT2D eigenvalue weighted by Gasteiger charge is 2.23. The summed E-state index contributed by atoms with van der Waals surface area (Å²) in [6.45, 7) is 2.27. The molecular formula is C16H23NO3. The minimum Gasteiger partial charge on any atom is -0.508 e. The van der Waals surface area contributed by atoms with Crippen LogP contribution in [0.2, 0.25) is 0 Å². The number of benzene rings is 1. The van der Waals surface area contributed by atoms with E-state index in [1.54, 1.807) is 6.07 Å². The molecule has 1 aromatic rings. The van der Waals surface area contributed by atoms with E-state index in [0.29, 0.717) is 18.8 Å². The summed E-state index contributed by atoms with van der Waals surface area (Å²) in [7, 11) is 0. The highest BCUT2D eigenvalue weighted by Crippen LogP contribution is 2.32. The molecular weight excluding hydrogens is 254 g/mol. The number of hydrogen-bond acceptors (Lipinski definition) is 4. The lowest BCUT2D eigenvalue weighted by Gasteiger charge is -2.09. The third-order valence-electron chi connectivity index (χ3n) is 3.82. The number of aromatic hydroxyl groups is 1. The van der Waals surface area contributed by atoms with Crippen LogP contribution in [-0.4, -0.2) is 23.7 Å². The molecule has 0 aromatic heterocycles. The second kappa shape index (κ2) is 6.75. The van der Waals surface area contributed by atoms with Crippen LogP contribution in [0.25, 0.3) is 0 Å². The van der Waals surface area contributed by atoms with Gasteiger partial charge in [0.15, 0.2) is 0 Å². The van der Waals surface area contributed by atoms with Gasteiger partial charge in [-0.15, -0.1) is 0 Å². The minimum atomic E-state index is -0.120. The predicted octanol–water partition coefficient (Wildman–Crippen LogP) is 2.09. The van der Waals surface area contributed by atoms with Gasteiger partial charge in [-0.25, -0.2) is 0 Å². The zero-order valence-electron chi connectivity index (χ0n) is 12.0. The summed E-state index contributed by atoms with van der Waals surface area (Å²) in [5.74, 6) is 0.244. The van der Waals surface area contributed by atoms with Crippen molar-refractivity contribution in [3.05, 3.63) is 28.8 Å². The van der Waals surface area contributed by atoms with E-state index < -0.39 is 0 Å². The van der Waals surface area contributed by atoms with Gasteiger partial charge in [-0.2, -0.15) is 0 Å². The number of fused-ring (bicyclic) bond motifs is 1. The largest absolute Gasteiger partial charge is 0.508 e. The van der Waals surface area contributed by atoms with Gasteiger partial charge in [-0.05, 0) is 61.8 Å². The molecule has 0 radical (unpaired) electrons. The highest BCUT2D eigenvalue weighted by atomic mass is 16.5. The Morgan fingerprint density at radius 3 is 2.85 bits per heavy atom.